The molecule has 1 saturated carbocycles. The van der Waals surface area contributed by atoms with Gasteiger partial charge in [-0.05, 0) is 36.6 Å². The Morgan fingerprint density at radius 3 is 2.88 bits per heavy atom. The number of fused-ring (bicyclic) bond motifs is 2. The van der Waals surface area contributed by atoms with Crippen LogP contribution in [0.1, 0.15) is 48.9 Å². The summed E-state index contributed by atoms with van der Waals surface area (Å²) in [4.78, 5) is 21.5. The lowest BCUT2D eigenvalue weighted by Gasteiger charge is -2.12. The fraction of sp³-hybridized carbons (Fsp3) is 0.333. The van der Waals surface area contributed by atoms with Crippen molar-refractivity contribution in [2.24, 2.45) is 0 Å². The molecule has 1 aliphatic carbocycles. The molecule has 1 fully saturated rings. The largest absolute Gasteiger partial charge is 0.325 e. The molecule has 2 aromatic heterocycles. The highest BCUT2D eigenvalue weighted by atomic mass is 35.5. The first-order valence-electron chi connectivity index (χ1n) is 8.51. The first kappa shape index (κ1) is 14.8. The minimum absolute atomic E-state index is 0.0918. The Morgan fingerprint density at radius 2 is 2.04 bits per heavy atom. The molecule has 0 radical (unpaired) electrons. The minimum atomic E-state index is -0.486. The van der Waals surface area contributed by atoms with Crippen LogP contribution in [0.3, 0.4) is 0 Å². The van der Waals surface area contributed by atoms with Crippen molar-refractivity contribution in [3.63, 3.8) is 0 Å². The molecule has 25 heavy (non-hydrogen) atoms. The first-order chi connectivity index (χ1) is 12.2. The summed E-state index contributed by atoms with van der Waals surface area (Å²) in [5.41, 5.74) is 3.13. The normalized spacial score (nSPS) is 20.2. The Kier molecular flexibility index (Phi) is 3.28. The molecule has 0 spiro atoms. The van der Waals surface area contributed by atoms with Crippen LogP contribution in [-0.2, 0) is 4.79 Å². The van der Waals surface area contributed by atoms with Crippen LogP contribution in [0.25, 0.3) is 11.0 Å². The van der Waals surface area contributed by atoms with Gasteiger partial charge in [-0.3, -0.25) is 4.79 Å². The molecule has 1 amide bonds. The topological polar surface area (TPSA) is 72.7 Å². The third-order valence-electron chi connectivity index (χ3n) is 5.21. The maximum absolute atomic E-state index is 12.6. The third-order valence-corrected chi connectivity index (χ3v) is 5.45. The number of nitrogens with one attached hydrogen (secondary N) is 1. The SMILES string of the molecule is O=C1Nc2ccc(Cl)cc2C1c1ncnc2c1cnn2C1CCCC1. The number of anilines is 1. The number of benzene rings is 1. The van der Waals surface area contributed by atoms with Gasteiger partial charge in [-0.15, -0.1) is 0 Å². The molecule has 3 aromatic rings. The highest BCUT2D eigenvalue weighted by molar-refractivity contribution is 6.31. The second kappa shape index (κ2) is 5.52. The van der Waals surface area contributed by atoms with Crippen LogP contribution in [-0.4, -0.2) is 25.7 Å². The van der Waals surface area contributed by atoms with Crippen molar-refractivity contribution in [1.82, 2.24) is 19.7 Å². The van der Waals surface area contributed by atoms with Crippen molar-refractivity contribution < 1.29 is 4.79 Å². The van der Waals surface area contributed by atoms with E-state index in [1.165, 1.54) is 19.2 Å². The molecule has 5 rings (SSSR count). The lowest BCUT2D eigenvalue weighted by Crippen LogP contribution is -2.15. The fourth-order valence-corrected chi connectivity index (χ4v) is 4.21. The van der Waals surface area contributed by atoms with Crippen LogP contribution in [0.15, 0.2) is 30.7 Å². The third kappa shape index (κ3) is 2.24. The van der Waals surface area contributed by atoms with Crippen molar-refractivity contribution in [2.75, 3.05) is 5.32 Å². The van der Waals surface area contributed by atoms with Gasteiger partial charge in [0.05, 0.1) is 23.3 Å². The molecule has 1 unspecified atom stereocenters. The summed E-state index contributed by atoms with van der Waals surface area (Å²) in [6.45, 7) is 0. The maximum atomic E-state index is 12.6. The van der Waals surface area contributed by atoms with E-state index in [1.807, 2.05) is 16.8 Å². The van der Waals surface area contributed by atoms with Crippen molar-refractivity contribution in [3.8, 4) is 0 Å². The van der Waals surface area contributed by atoms with Gasteiger partial charge in [0.2, 0.25) is 5.91 Å². The predicted molar refractivity (Wildman–Crippen MR) is 94.8 cm³/mol. The fourth-order valence-electron chi connectivity index (χ4n) is 4.03. The van der Waals surface area contributed by atoms with E-state index in [0.29, 0.717) is 16.8 Å². The van der Waals surface area contributed by atoms with E-state index in [2.05, 4.69) is 20.4 Å². The molecular formula is C18H16ClN5O. The Morgan fingerprint density at radius 1 is 1.20 bits per heavy atom. The number of amides is 1. The van der Waals surface area contributed by atoms with Gasteiger partial charge in [0.15, 0.2) is 5.65 Å². The van der Waals surface area contributed by atoms with E-state index < -0.39 is 5.92 Å². The van der Waals surface area contributed by atoms with Crippen molar-refractivity contribution in [1.29, 1.82) is 0 Å². The van der Waals surface area contributed by atoms with E-state index in [-0.39, 0.29) is 5.91 Å². The van der Waals surface area contributed by atoms with Crippen molar-refractivity contribution in [3.05, 3.63) is 47.0 Å². The number of carbonyl (C=O) groups excluding carboxylic acids is 1. The quantitative estimate of drug-likeness (QED) is 0.762. The predicted octanol–water partition coefficient (Wildman–Crippen LogP) is 3.68. The standard InChI is InChI=1S/C18H16ClN5O/c19-10-5-6-14-12(7-10)15(18(25)23-14)16-13-8-22-24(11-3-1-2-4-11)17(13)21-9-20-16/h5-9,11,15H,1-4H2,(H,23,25). The molecule has 0 bridgehead atoms. The summed E-state index contributed by atoms with van der Waals surface area (Å²) in [7, 11) is 0. The van der Waals surface area contributed by atoms with E-state index in [0.717, 1.165) is 35.1 Å². The molecule has 1 aliphatic heterocycles. The van der Waals surface area contributed by atoms with Crippen molar-refractivity contribution in [2.45, 2.75) is 37.6 Å². The highest BCUT2D eigenvalue weighted by Gasteiger charge is 2.35. The summed E-state index contributed by atoms with van der Waals surface area (Å²) in [5, 5.41) is 8.92. The summed E-state index contributed by atoms with van der Waals surface area (Å²) in [6, 6.07) is 5.82. The van der Waals surface area contributed by atoms with Gasteiger partial charge in [0.1, 0.15) is 12.2 Å². The molecule has 6 nitrogen and oxygen atoms in total. The van der Waals surface area contributed by atoms with Crippen LogP contribution in [0.5, 0.6) is 0 Å². The molecule has 1 atom stereocenters. The second-order valence-corrected chi connectivity index (χ2v) is 7.11. The van der Waals surface area contributed by atoms with Crippen LogP contribution in [0, 0.1) is 0 Å². The Balaban J connectivity index is 1.67. The van der Waals surface area contributed by atoms with Gasteiger partial charge >= 0.3 is 0 Å². The molecule has 0 saturated heterocycles. The van der Waals surface area contributed by atoms with E-state index in [4.69, 9.17) is 11.6 Å². The molecule has 126 valence electrons. The Labute approximate surface area is 149 Å². The smallest absolute Gasteiger partial charge is 0.238 e. The van der Waals surface area contributed by atoms with Gasteiger partial charge in [0.25, 0.3) is 0 Å². The number of carbonyl (C=O) groups is 1. The highest BCUT2D eigenvalue weighted by Crippen LogP contribution is 2.40. The van der Waals surface area contributed by atoms with E-state index >= 15 is 0 Å². The number of rotatable bonds is 2. The number of halogens is 1. The summed E-state index contributed by atoms with van der Waals surface area (Å²) in [5.74, 6) is -0.577. The van der Waals surface area contributed by atoms with Crippen LogP contribution >= 0.6 is 11.6 Å². The molecule has 1 aromatic carbocycles. The number of hydrogen-bond acceptors (Lipinski definition) is 4. The maximum Gasteiger partial charge on any atom is 0.238 e. The molecule has 3 heterocycles. The summed E-state index contributed by atoms with van der Waals surface area (Å²) in [6.07, 6.45) is 8.01. The van der Waals surface area contributed by atoms with E-state index in [9.17, 15) is 4.79 Å². The van der Waals surface area contributed by atoms with Gasteiger partial charge in [0, 0.05) is 10.7 Å². The number of nitrogens with zero attached hydrogens (tertiary/aromatic N) is 4. The Hall–Kier alpha value is -2.47. The lowest BCUT2D eigenvalue weighted by molar-refractivity contribution is -0.116. The van der Waals surface area contributed by atoms with Crippen LogP contribution < -0.4 is 5.32 Å². The van der Waals surface area contributed by atoms with Gasteiger partial charge in [-0.1, -0.05) is 24.4 Å². The molecule has 1 N–H and O–H groups in total. The zero-order valence-corrected chi connectivity index (χ0v) is 14.2. The number of hydrogen-bond donors (Lipinski definition) is 1. The summed E-state index contributed by atoms with van der Waals surface area (Å²) >= 11 is 6.14. The minimum Gasteiger partial charge on any atom is -0.325 e. The van der Waals surface area contributed by atoms with Crippen LogP contribution in [0.4, 0.5) is 5.69 Å². The average Bonchev–Trinajstić information content (AvgIpc) is 3.31. The zero-order chi connectivity index (χ0) is 17.0. The Bertz CT molecular complexity index is 992. The number of aromatic nitrogens is 4. The monoisotopic (exact) mass is 353 g/mol. The van der Waals surface area contributed by atoms with Gasteiger partial charge < -0.3 is 5.32 Å². The average molecular weight is 354 g/mol. The van der Waals surface area contributed by atoms with Crippen LogP contribution in [0.2, 0.25) is 5.02 Å². The van der Waals surface area contributed by atoms with Crippen molar-refractivity contribution >= 4 is 34.2 Å². The lowest BCUT2D eigenvalue weighted by atomic mass is 9.95. The molecule has 7 heteroatoms. The second-order valence-electron chi connectivity index (χ2n) is 6.68. The molecule has 2 aliphatic rings. The zero-order valence-electron chi connectivity index (χ0n) is 13.4. The van der Waals surface area contributed by atoms with Gasteiger partial charge in [-0.2, -0.15) is 5.10 Å². The first-order valence-corrected chi connectivity index (χ1v) is 8.88. The summed E-state index contributed by atoms with van der Waals surface area (Å²) < 4.78 is 2.00. The molecular weight excluding hydrogens is 338 g/mol. The van der Waals surface area contributed by atoms with Gasteiger partial charge in [-0.25, -0.2) is 14.6 Å². The van der Waals surface area contributed by atoms with E-state index in [1.54, 1.807) is 12.3 Å².